The second-order valence-electron chi connectivity index (χ2n) is 8.13. The molecule has 34 heavy (non-hydrogen) atoms. The molecule has 9 nitrogen and oxygen atoms in total. The van der Waals surface area contributed by atoms with Crippen LogP contribution >= 0.6 is 23.2 Å². The molecule has 11 heteroatoms. The number of rotatable bonds is 9. The van der Waals surface area contributed by atoms with E-state index in [4.69, 9.17) is 27.9 Å². The molecule has 0 saturated carbocycles. The van der Waals surface area contributed by atoms with Crippen molar-refractivity contribution >= 4 is 35.0 Å². The number of carbonyl (C=O) groups is 2. The van der Waals surface area contributed by atoms with Crippen LogP contribution in [0.2, 0.25) is 5.02 Å². The number of halogens is 2. The van der Waals surface area contributed by atoms with Crippen molar-refractivity contribution in [2.75, 3.05) is 20.3 Å². The van der Waals surface area contributed by atoms with Gasteiger partial charge in [-0.05, 0) is 62.3 Å². The molecule has 0 radical (unpaired) electrons. The zero-order chi connectivity index (χ0) is 25.0. The maximum absolute atomic E-state index is 13.6. The minimum Gasteiger partial charge on any atom is -0.496 e. The molecule has 0 spiro atoms. The molecule has 0 fully saturated rings. The van der Waals surface area contributed by atoms with Crippen molar-refractivity contribution < 1.29 is 24.3 Å². The first-order valence-corrected chi connectivity index (χ1v) is 11.3. The van der Waals surface area contributed by atoms with Crippen LogP contribution in [0.1, 0.15) is 37.0 Å². The van der Waals surface area contributed by atoms with Crippen LogP contribution in [-0.4, -0.2) is 47.6 Å². The number of methoxy groups -OCH3 is 1. The molecule has 1 aliphatic heterocycles. The minimum atomic E-state index is -0.872. The lowest BCUT2D eigenvalue weighted by atomic mass is 9.78. The Bertz CT molecular complexity index is 1080. The Balaban J connectivity index is 1.88. The smallest absolute Gasteiger partial charge is 0.294 e. The Labute approximate surface area is 207 Å². The standard InChI is InChI=1S/C23H25Cl2N3O6/c1-14-17(11-21(29)26-9-4-10-34-28(31)32)18-12-20(33-3)19(25)13-23(18,2)27(14)22(30)15-5-7-16(24)8-6-15/h5-8,12-13,18H,4,9-11H2,1-3H3,(H,26,29). The minimum absolute atomic E-state index is 0.0333. The third kappa shape index (κ3) is 5.20. The van der Waals surface area contributed by atoms with Crippen molar-refractivity contribution in [3.63, 3.8) is 0 Å². The molecule has 0 bridgehead atoms. The van der Waals surface area contributed by atoms with Crippen LogP contribution in [0.5, 0.6) is 0 Å². The fourth-order valence-electron chi connectivity index (χ4n) is 4.37. The second kappa shape index (κ2) is 10.5. The molecule has 1 aromatic rings. The van der Waals surface area contributed by atoms with Crippen molar-refractivity contribution in [2.45, 2.75) is 32.2 Å². The largest absolute Gasteiger partial charge is 0.496 e. The van der Waals surface area contributed by atoms with Crippen LogP contribution in [0, 0.1) is 16.0 Å². The van der Waals surface area contributed by atoms with Gasteiger partial charge in [0.1, 0.15) is 5.76 Å². The SMILES string of the molecule is COC1=CC2C(CC(=O)NCCCO[N+](=O)[O-])=C(C)N(C(=O)c3ccc(Cl)cc3)C2(C)C=C1Cl. The van der Waals surface area contributed by atoms with Crippen LogP contribution in [0.4, 0.5) is 0 Å². The maximum Gasteiger partial charge on any atom is 0.294 e. The summed E-state index contributed by atoms with van der Waals surface area (Å²) in [4.78, 5) is 42.4. The maximum atomic E-state index is 13.6. The van der Waals surface area contributed by atoms with Crippen molar-refractivity contribution in [1.29, 1.82) is 0 Å². The first-order chi connectivity index (χ1) is 16.1. The van der Waals surface area contributed by atoms with Gasteiger partial charge in [-0.2, -0.15) is 0 Å². The van der Waals surface area contributed by atoms with Crippen LogP contribution in [0.15, 0.2) is 58.5 Å². The summed E-state index contributed by atoms with van der Waals surface area (Å²) in [6.07, 6.45) is 3.93. The van der Waals surface area contributed by atoms with Gasteiger partial charge in [-0.25, -0.2) is 0 Å². The fraction of sp³-hybridized carbons (Fsp3) is 0.391. The van der Waals surface area contributed by atoms with E-state index < -0.39 is 10.6 Å². The molecule has 3 rings (SSSR count). The Morgan fingerprint density at radius 2 is 1.94 bits per heavy atom. The topological polar surface area (TPSA) is 111 Å². The van der Waals surface area contributed by atoms with Crippen molar-refractivity contribution in [1.82, 2.24) is 10.2 Å². The summed E-state index contributed by atoms with van der Waals surface area (Å²) in [5.74, 6) is -0.395. The molecule has 0 saturated heterocycles. The number of carbonyl (C=O) groups excluding carboxylic acids is 2. The zero-order valence-electron chi connectivity index (χ0n) is 19.0. The first kappa shape index (κ1) is 25.6. The molecule has 1 aromatic carbocycles. The average Bonchev–Trinajstić information content (AvgIpc) is 2.97. The van der Waals surface area contributed by atoms with E-state index in [0.717, 1.165) is 5.57 Å². The lowest BCUT2D eigenvalue weighted by Crippen LogP contribution is -2.48. The predicted molar refractivity (Wildman–Crippen MR) is 126 cm³/mol. The van der Waals surface area contributed by atoms with Crippen LogP contribution in [0.3, 0.4) is 0 Å². The molecule has 2 unspecified atom stereocenters. The van der Waals surface area contributed by atoms with Crippen molar-refractivity contribution in [3.8, 4) is 0 Å². The molecule has 1 aliphatic carbocycles. The molecule has 2 amide bonds. The summed E-state index contributed by atoms with van der Waals surface area (Å²) in [6, 6.07) is 6.60. The van der Waals surface area contributed by atoms with Gasteiger partial charge < -0.3 is 19.8 Å². The number of nitrogens with one attached hydrogen (secondary N) is 1. The van der Waals surface area contributed by atoms with Gasteiger partial charge in [0.2, 0.25) is 5.91 Å². The van der Waals surface area contributed by atoms with Crippen molar-refractivity contribution in [3.05, 3.63) is 79.2 Å². The summed E-state index contributed by atoms with van der Waals surface area (Å²) < 4.78 is 5.40. The second-order valence-corrected chi connectivity index (χ2v) is 8.97. The van der Waals surface area contributed by atoms with E-state index in [1.54, 1.807) is 42.2 Å². The van der Waals surface area contributed by atoms with Crippen LogP contribution in [-0.2, 0) is 14.4 Å². The Kier molecular flexibility index (Phi) is 7.89. The number of nitrogens with zero attached hydrogens (tertiary/aromatic N) is 2. The van der Waals surface area contributed by atoms with E-state index in [1.165, 1.54) is 7.11 Å². The zero-order valence-corrected chi connectivity index (χ0v) is 20.5. The molecule has 1 heterocycles. The normalized spacial score (nSPS) is 21.4. The Hall–Kier alpha value is -3.04. The van der Waals surface area contributed by atoms with Gasteiger partial charge in [-0.15, -0.1) is 10.1 Å². The van der Waals surface area contributed by atoms with Gasteiger partial charge in [-0.1, -0.05) is 23.2 Å². The summed E-state index contributed by atoms with van der Waals surface area (Å²) in [7, 11) is 1.51. The number of amides is 2. The average molecular weight is 510 g/mol. The van der Waals surface area contributed by atoms with Crippen molar-refractivity contribution in [2.24, 2.45) is 5.92 Å². The monoisotopic (exact) mass is 509 g/mol. The van der Waals surface area contributed by atoms with E-state index in [1.807, 2.05) is 13.0 Å². The number of allylic oxidation sites excluding steroid dienone is 2. The first-order valence-electron chi connectivity index (χ1n) is 10.6. The third-order valence-electron chi connectivity index (χ3n) is 5.96. The number of benzene rings is 1. The number of fused-ring (bicyclic) bond motifs is 1. The highest BCUT2D eigenvalue weighted by atomic mass is 35.5. The molecule has 1 N–H and O–H groups in total. The van der Waals surface area contributed by atoms with E-state index in [-0.39, 0.29) is 37.3 Å². The van der Waals surface area contributed by atoms with E-state index in [2.05, 4.69) is 10.2 Å². The molecule has 2 aliphatic rings. The number of ether oxygens (including phenoxy) is 1. The molecule has 0 aromatic heterocycles. The van der Waals surface area contributed by atoms with Crippen LogP contribution < -0.4 is 5.32 Å². The van der Waals surface area contributed by atoms with Gasteiger partial charge in [0, 0.05) is 28.7 Å². The highest BCUT2D eigenvalue weighted by Gasteiger charge is 2.51. The molecular weight excluding hydrogens is 485 g/mol. The fourth-order valence-corrected chi connectivity index (χ4v) is 4.86. The van der Waals surface area contributed by atoms with Gasteiger partial charge in [0.25, 0.3) is 11.0 Å². The summed E-state index contributed by atoms with van der Waals surface area (Å²) in [5.41, 5.74) is 0.994. The van der Waals surface area contributed by atoms with Gasteiger partial charge in [-0.3, -0.25) is 9.59 Å². The molecule has 2 atom stereocenters. The highest BCUT2D eigenvalue weighted by molar-refractivity contribution is 6.32. The van der Waals surface area contributed by atoms with Crippen LogP contribution in [0.25, 0.3) is 0 Å². The quantitative estimate of drug-likeness (QED) is 0.303. The van der Waals surface area contributed by atoms with Gasteiger partial charge in [0.05, 0.1) is 30.7 Å². The molecule has 182 valence electrons. The number of hydrogen-bond donors (Lipinski definition) is 1. The summed E-state index contributed by atoms with van der Waals surface area (Å²) in [5, 5.41) is 13.0. The number of hydrogen-bond acceptors (Lipinski definition) is 6. The summed E-state index contributed by atoms with van der Waals surface area (Å²) in [6.45, 7) is 3.80. The highest BCUT2D eigenvalue weighted by Crippen LogP contribution is 2.50. The third-order valence-corrected chi connectivity index (χ3v) is 6.51. The lowest BCUT2D eigenvalue weighted by Gasteiger charge is -2.40. The Morgan fingerprint density at radius 1 is 1.26 bits per heavy atom. The predicted octanol–water partition coefficient (Wildman–Crippen LogP) is 4.22. The summed E-state index contributed by atoms with van der Waals surface area (Å²) >= 11 is 12.4. The van der Waals surface area contributed by atoms with E-state index in [0.29, 0.717) is 33.5 Å². The van der Waals surface area contributed by atoms with E-state index in [9.17, 15) is 19.7 Å². The van der Waals surface area contributed by atoms with Gasteiger partial charge >= 0.3 is 0 Å². The molecular formula is C23H25Cl2N3O6. The van der Waals surface area contributed by atoms with Gasteiger partial charge in [0.15, 0.2) is 0 Å². The Morgan fingerprint density at radius 3 is 2.56 bits per heavy atom. The van der Waals surface area contributed by atoms with E-state index >= 15 is 0 Å². The lowest BCUT2D eigenvalue weighted by molar-refractivity contribution is -0.757.